The second-order valence-electron chi connectivity index (χ2n) is 13.6. The van der Waals surface area contributed by atoms with Crippen molar-refractivity contribution in [2.75, 3.05) is 112 Å². The number of Topliss-reactive ketones (excluding diaryl/α,β-unsaturated/α-hetero) is 1. The van der Waals surface area contributed by atoms with Crippen LogP contribution in [0.15, 0.2) is 0 Å². The van der Waals surface area contributed by atoms with E-state index in [9.17, 15) is 19.2 Å². The molecule has 2 amide bonds. The summed E-state index contributed by atoms with van der Waals surface area (Å²) in [5, 5.41) is 4.77. The Morgan fingerprint density at radius 2 is 1.48 bits per heavy atom. The van der Waals surface area contributed by atoms with E-state index >= 15 is 0 Å². The Labute approximate surface area is 265 Å². The highest BCUT2D eigenvalue weighted by Gasteiger charge is 2.29. The van der Waals surface area contributed by atoms with Gasteiger partial charge in [-0.25, -0.2) is 5.01 Å². The van der Waals surface area contributed by atoms with Gasteiger partial charge in [0.15, 0.2) is 0 Å². The molecule has 44 heavy (non-hydrogen) atoms. The van der Waals surface area contributed by atoms with Crippen LogP contribution in [-0.2, 0) is 28.7 Å². The molecule has 0 bridgehead atoms. The van der Waals surface area contributed by atoms with E-state index in [1.807, 2.05) is 75.2 Å². The van der Waals surface area contributed by atoms with E-state index in [1.54, 1.807) is 5.01 Å². The van der Waals surface area contributed by atoms with Gasteiger partial charge in [-0.05, 0) is 32.6 Å². The SMILES string of the molecule is CCN(C)CC(=O)CCOC(=O)CN(C)CCN(CC)CC(=O)NCC(C)(C)COCC(C)(C)CC(=O)N1CCN(N)CC1. The van der Waals surface area contributed by atoms with Gasteiger partial charge in [-0.1, -0.05) is 41.5 Å². The van der Waals surface area contributed by atoms with Crippen LogP contribution in [0.1, 0.15) is 54.4 Å². The molecule has 0 saturated carbocycles. The zero-order chi connectivity index (χ0) is 33.3. The molecule has 0 spiro atoms. The minimum absolute atomic E-state index is 0.0499. The summed E-state index contributed by atoms with van der Waals surface area (Å²) >= 11 is 0. The van der Waals surface area contributed by atoms with Crippen molar-refractivity contribution in [1.82, 2.24) is 29.9 Å². The van der Waals surface area contributed by atoms with E-state index in [4.69, 9.17) is 15.3 Å². The number of hydrogen-bond donors (Lipinski definition) is 2. The topological polar surface area (TPSA) is 141 Å². The second kappa shape index (κ2) is 20.1. The molecule has 13 nitrogen and oxygen atoms in total. The van der Waals surface area contributed by atoms with Gasteiger partial charge in [0.1, 0.15) is 5.78 Å². The molecule has 1 aliphatic heterocycles. The minimum atomic E-state index is -0.366. The quantitative estimate of drug-likeness (QED) is 0.126. The maximum atomic E-state index is 12.7. The third-order valence-corrected chi connectivity index (χ3v) is 7.69. The van der Waals surface area contributed by atoms with E-state index < -0.39 is 0 Å². The molecule has 1 rings (SSSR count). The van der Waals surface area contributed by atoms with Crippen molar-refractivity contribution < 1.29 is 28.7 Å². The number of nitrogens with zero attached hydrogens (tertiary/aromatic N) is 5. The van der Waals surface area contributed by atoms with Gasteiger partial charge in [0.05, 0.1) is 39.5 Å². The molecular weight excluding hydrogens is 566 g/mol. The third kappa shape index (κ3) is 18.0. The van der Waals surface area contributed by atoms with Gasteiger partial charge in [-0.15, -0.1) is 0 Å². The molecule has 0 aromatic rings. The summed E-state index contributed by atoms with van der Waals surface area (Å²) in [6.07, 6.45) is 0.629. The van der Waals surface area contributed by atoms with Crippen LogP contribution in [0.5, 0.6) is 0 Å². The maximum absolute atomic E-state index is 12.7. The van der Waals surface area contributed by atoms with Crippen LogP contribution in [0.3, 0.4) is 0 Å². The fourth-order valence-corrected chi connectivity index (χ4v) is 4.57. The van der Waals surface area contributed by atoms with Gasteiger partial charge >= 0.3 is 5.97 Å². The zero-order valence-corrected chi connectivity index (χ0v) is 28.8. The van der Waals surface area contributed by atoms with Gasteiger partial charge in [-0.2, -0.15) is 0 Å². The second-order valence-corrected chi connectivity index (χ2v) is 13.6. The number of esters is 1. The smallest absolute Gasteiger partial charge is 0.320 e. The number of carbonyl (C=O) groups is 4. The summed E-state index contributed by atoms with van der Waals surface area (Å²) in [6, 6.07) is 0. The van der Waals surface area contributed by atoms with Crippen molar-refractivity contribution >= 4 is 23.6 Å². The number of ketones is 1. The number of piperazine rings is 1. The lowest BCUT2D eigenvalue weighted by Gasteiger charge is -2.35. The molecule has 1 fully saturated rings. The van der Waals surface area contributed by atoms with Gasteiger partial charge in [0.2, 0.25) is 11.8 Å². The number of nitrogens with one attached hydrogen (secondary N) is 1. The number of amides is 2. The summed E-state index contributed by atoms with van der Waals surface area (Å²) in [6.45, 7) is 19.7. The molecule has 256 valence electrons. The number of carbonyl (C=O) groups excluding carboxylic acids is 4. The van der Waals surface area contributed by atoms with Crippen molar-refractivity contribution in [1.29, 1.82) is 0 Å². The highest BCUT2D eigenvalue weighted by molar-refractivity contribution is 5.81. The Morgan fingerprint density at radius 3 is 2.09 bits per heavy atom. The van der Waals surface area contributed by atoms with E-state index in [2.05, 4.69) is 5.32 Å². The molecule has 0 unspecified atom stereocenters. The number of hydrazine groups is 1. The Bertz CT molecular complexity index is 893. The molecule has 0 radical (unpaired) electrons. The first-order valence-corrected chi connectivity index (χ1v) is 15.9. The molecule has 13 heteroatoms. The Morgan fingerprint density at radius 1 is 0.841 bits per heavy atom. The molecule has 3 N–H and O–H groups in total. The summed E-state index contributed by atoms with van der Waals surface area (Å²) in [7, 11) is 3.71. The van der Waals surface area contributed by atoms with E-state index in [0.29, 0.717) is 78.5 Å². The fourth-order valence-electron chi connectivity index (χ4n) is 4.57. The number of nitrogens with two attached hydrogens (primary N) is 1. The molecule has 0 aromatic carbocycles. The van der Waals surface area contributed by atoms with Gasteiger partial charge < -0.3 is 19.7 Å². The number of hydrogen-bond acceptors (Lipinski definition) is 11. The van der Waals surface area contributed by atoms with Gasteiger partial charge in [0, 0.05) is 64.1 Å². The normalized spacial score (nSPS) is 14.9. The lowest BCUT2D eigenvalue weighted by Crippen LogP contribution is -2.51. The summed E-state index contributed by atoms with van der Waals surface area (Å²) in [5.41, 5.74) is -0.576. The molecular formula is C31H61N7O6. The number of ether oxygens (including phenoxy) is 2. The average molecular weight is 628 g/mol. The first kappa shape index (κ1) is 39.9. The van der Waals surface area contributed by atoms with Crippen LogP contribution in [-0.4, -0.2) is 161 Å². The fraction of sp³-hybridized carbons (Fsp3) is 0.871. The molecule has 1 heterocycles. The molecule has 0 aromatic heterocycles. The van der Waals surface area contributed by atoms with Crippen LogP contribution in [0.4, 0.5) is 0 Å². The largest absolute Gasteiger partial charge is 0.464 e. The summed E-state index contributed by atoms with van der Waals surface area (Å²) in [5.74, 6) is 5.54. The monoisotopic (exact) mass is 627 g/mol. The summed E-state index contributed by atoms with van der Waals surface area (Å²) < 4.78 is 11.3. The lowest BCUT2D eigenvalue weighted by atomic mass is 9.89. The van der Waals surface area contributed by atoms with Crippen LogP contribution in [0.2, 0.25) is 0 Å². The van der Waals surface area contributed by atoms with Crippen LogP contribution < -0.4 is 11.2 Å². The lowest BCUT2D eigenvalue weighted by molar-refractivity contribution is -0.145. The molecule has 0 aliphatic carbocycles. The van der Waals surface area contributed by atoms with Crippen LogP contribution >= 0.6 is 0 Å². The first-order chi connectivity index (χ1) is 20.6. The maximum Gasteiger partial charge on any atom is 0.320 e. The standard InChI is InChI=1S/C31H61N7O6/c1-9-34(7)20-26(39)11-18-44-29(42)22-35(8)12-13-36(10-2)21-27(40)33-23-31(5,6)25-43-24-30(3,4)19-28(41)37-14-16-38(32)17-15-37/h9-25,32H2,1-8H3,(H,33,40). The van der Waals surface area contributed by atoms with Crippen molar-refractivity contribution in [3.8, 4) is 0 Å². The summed E-state index contributed by atoms with van der Waals surface area (Å²) in [4.78, 5) is 57.1. The average Bonchev–Trinajstić information content (AvgIpc) is 2.93. The minimum Gasteiger partial charge on any atom is -0.464 e. The molecule has 1 saturated heterocycles. The van der Waals surface area contributed by atoms with Crippen LogP contribution in [0, 0.1) is 10.8 Å². The predicted molar refractivity (Wildman–Crippen MR) is 172 cm³/mol. The Balaban J connectivity index is 2.30. The first-order valence-electron chi connectivity index (χ1n) is 15.9. The van der Waals surface area contributed by atoms with E-state index in [-0.39, 0.29) is 60.5 Å². The molecule has 0 atom stereocenters. The van der Waals surface area contributed by atoms with Crippen LogP contribution in [0.25, 0.3) is 0 Å². The Kier molecular flexibility index (Phi) is 18.2. The van der Waals surface area contributed by atoms with E-state index in [1.165, 1.54) is 0 Å². The van der Waals surface area contributed by atoms with Crippen molar-refractivity contribution in [2.45, 2.75) is 54.4 Å². The van der Waals surface area contributed by atoms with Crippen molar-refractivity contribution in [2.24, 2.45) is 16.7 Å². The highest BCUT2D eigenvalue weighted by atomic mass is 16.5. The molecule has 1 aliphatic rings. The highest BCUT2D eigenvalue weighted by Crippen LogP contribution is 2.24. The Hall–Kier alpha value is -2.16. The number of rotatable bonds is 22. The third-order valence-electron chi connectivity index (χ3n) is 7.69. The van der Waals surface area contributed by atoms with Gasteiger partial charge in [0.25, 0.3) is 0 Å². The van der Waals surface area contributed by atoms with Crippen molar-refractivity contribution in [3.05, 3.63) is 0 Å². The number of likely N-dealkylation sites (N-methyl/N-ethyl adjacent to an activating group) is 3. The van der Waals surface area contributed by atoms with Crippen molar-refractivity contribution in [3.63, 3.8) is 0 Å². The van der Waals surface area contributed by atoms with E-state index in [0.717, 1.165) is 6.54 Å². The van der Waals surface area contributed by atoms with Gasteiger partial charge in [-0.3, -0.25) is 39.7 Å². The predicted octanol–water partition coefficient (Wildman–Crippen LogP) is 0.287. The zero-order valence-electron chi connectivity index (χ0n) is 28.8.